The van der Waals surface area contributed by atoms with Crippen molar-refractivity contribution in [3.05, 3.63) is 76.5 Å². The maximum Gasteiger partial charge on any atom is 0.420 e. The van der Waals surface area contributed by atoms with E-state index >= 15 is 0 Å². The summed E-state index contributed by atoms with van der Waals surface area (Å²) in [4.78, 5) is 29.8. The monoisotopic (exact) mass is 492 g/mol. The van der Waals surface area contributed by atoms with Crippen LogP contribution in [0.5, 0.6) is 5.75 Å². The molecule has 0 bridgehead atoms. The molecule has 0 spiro atoms. The molecular formula is C25H19F3N6O2. The largest absolute Gasteiger partial charge is 0.496 e. The normalized spacial score (nSPS) is 11.1. The summed E-state index contributed by atoms with van der Waals surface area (Å²) >= 11 is 0. The number of pyridine rings is 2. The molecule has 1 amide bonds. The molecule has 11 heteroatoms. The van der Waals surface area contributed by atoms with Crippen LogP contribution >= 0.6 is 0 Å². The van der Waals surface area contributed by atoms with Gasteiger partial charge >= 0.3 is 6.18 Å². The summed E-state index contributed by atoms with van der Waals surface area (Å²) < 4.78 is 44.6. The predicted molar refractivity (Wildman–Crippen MR) is 127 cm³/mol. The van der Waals surface area contributed by atoms with Crippen LogP contribution in [0.1, 0.15) is 38.4 Å². The van der Waals surface area contributed by atoms with E-state index in [1.54, 1.807) is 0 Å². The van der Waals surface area contributed by atoms with Gasteiger partial charge in [-0.15, -0.1) is 0 Å². The van der Waals surface area contributed by atoms with Gasteiger partial charge in [0.25, 0.3) is 5.91 Å². The van der Waals surface area contributed by atoms with E-state index in [-0.39, 0.29) is 22.8 Å². The average Bonchev–Trinajstić information content (AvgIpc) is 2.84. The van der Waals surface area contributed by atoms with E-state index in [0.717, 1.165) is 30.6 Å². The highest BCUT2D eigenvalue weighted by Crippen LogP contribution is 2.37. The maximum atomic E-state index is 13.3. The number of amides is 1. The molecule has 3 aromatic heterocycles. The van der Waals surface area contributed by atoms with Crippen LogP contribution in [0.3, 0.4) is 0 Å². The lowest BCUT2D eigenvalue weighted by molar-refractivity contribution is -0.138. The molecular weight excluding hydrogens is 473 g/mol. The number of nitrogens with two attached hydrogens (primary N) is 1. The van der Waals surface area contributed by atoms with E-state index in [2.05, 4.69) is 37.1 Å². The Kier molecular flexibility index (Phi) is 6.44. The highest BCUT2D eigenvalue weighted by atomic mass is 19.4. The average molecular weight is 492 g/mol. The van der Waals surface area contributed by atoms with Crippen molar-refractivity contribution >= 4 is 28.4 Å². The molecule has 36 heavy (non-hydrogen) atoms. The summed E-state index contributed by atoms with van der Waals surface area (Å²) in [5.74, 6) is 4.97. The van der Waals surface area contributed by atoms with Crippen LogP contribution in [0, 0.1) is 25.7 Å². The molecule has 3 heterocycles. The molecule has 0 atom stereocenters. The minimum absolute atomic E-state index is 0.0524. The molecule has 0 fully saturated rings. The van der Waals surface area contributed by atoms with Gasteiger partial charge in [-0.1, -0.05) is 11.8 Å². The maximum absolute atomic E-state index is 13.3. The molecule has 4 rings (SSSR count). The van der Waals surface area contributed by atoms with E-state index in [0.29, 0.717) is 22.2 Å². The van der Waals surface area contributed by atoms with Crippen molar-refractivity contribution in [1.82, 2.24) is 19.9 Å². The molecule has 0 unspecified atom stereocenters. The molecule has 4 aromatic rings. The third-order valence-electron chi connectivity index (χ3n) is 5.25. The van der Waals surface area contributed by atoms with E-state index < -0.39 is 17.6 Å². The smallest absolute Gasteiger partial charge is 0.420 e. The van der Waals surface area contributed by atoms with Crippen molar-refractivity contribution in [2.75, 3.05) is 18.2 Å². The Morgan fingerprint density at radius 2 is 1.81 bits per heavy atom. The third kappa shape index (κ3) is 5.02. The van der Waals surface area contributed by atoms with Crippen molar-refractivity contribution in [2.45, 2.75) is 20.0 Å². The van der Waals surface area contributed by atoms with E-state index in [9.17, 15) is 18.0 Å². The van der Waals surface area contributed by atoms with Gasteiger partial charge in [0.05, 0.1) is 41.4 Å². The van der Waals surface area contributed by atoms with Gasteiger partial charge in [-0.3, -0.25) is 9.78 Å². The zero-order valence-corrected chi connectivity index (χ0v) is 19.4. The summed E-state index contributed by atoms with van der Waals surface area (Å²) in [6, 6.07) is 4.70. The number of methoxy groups -OCH3 is 1. The highest BCUT2D eigenvalue weighted by molar-refractivity contribution is 6.04. The van der Waals surface area contributed by atoms with Gasteiger partial charge in [-0.05, 0) is 38.1 Å². The number of rotatable bonds is 3. The minimum atomic E-state index is -4.65. The van der Waals surface area contributed by atoms with E-state index in [4.69, 9.17) is 10.5 Å². The van der Waals surface area contributed by atoms with Gasteiger partial charge in [0.1, 0.15) is 22.6 Å². The summed E-state index contributed by atoms with van der Waals surface area (Å²) in [6.45, 7) is 3.66. The Hall–Kier alpha value is -4.72. The van der Waals surface area contributed by atoms with E-state index in [1.807, 2.05) is 13.8 Å². The first kappa shape index (κ1) is 24.4. The Morgan fingerprint density at radius 1 is 1.06 bits per heavy atom. The number of carbonyl (C=O) groups is 1. The van der Waals surface area contributed by atoms with E-state index in [1.165, 1.54) is 30.7 Å². The summed E-state index contributed by atoms with van der Waals surface area (Å²) in [5.41, 5.74) is 8.35. The van der Waals surface area contributed by atoms with Crippen LogP contribution < -0.4 is 15.8 Å². The fourth-order valence-corrected chi connectivity index (χ4v) is 3.31. The number of nitrogens with one attached hydrogen (secondary N) is 1. The lowest BCUT2D eigenvalue weighted by Gasteiger charge is -2.14. The predicted octanol–water partition coefficient (Wildman–Crippen LogP) is 4.30. The van der Waals surface area contributed by atoms with Crippen LogP contribution in [0.25, 0.3) is 11.0 Å². The quantitative estimate of drug-likeness (QED) is 0.410. The van der Waals surface area contributed by atoms with Crippen LogP contribution in [0.2, 0.25) is 0 Å². The minimum Gasteiger partial charge on any atom is -0.496 e. The van der Waals surface area contributed by atoms with Crippen molar-refractivity contribution < 1.29 is 22.7 Å². The second kappa shape index (κ2) is 9.50. The summed E-state index contributed by atoms with van der Waals surface area (Å²) in [7, 11) is 1.14. The molecule has 0 saturated heterocycles. The van der Waals surface area contributed by atoms with Gasteiger partial charge in [0, 0.05) is 23.6 Å². The number of anilines is 2. The van der Waals surface area contributed by atoms with Crippen LogP contribution in [-0.2, 0) is 6.18 Å². The number of hydrogen-bond acceptors (Lipinski definition) is 7. The number of nitrogen functional groups attached to an aromatic ring is 1. The lowest BCUT2D eigenvalue weighted by Crippen LogP contribution is -2.14. The molecule has 0 aliphatic carbocycles. The first-order chi connectivity index (χ1) is 17.1. The number of aromatic nitrogens is 4. The molecule has 3 N–H and O–H groups in total. The number of halogens is 3. The zero-order valence-electron chi connectivity index (χ0n) is 19.4. The number of ether oxygens (including phenoxy) is 1. The second-order valence-corrected chi connectivity index (χ2v) is 7.73. The van der Waals surface area contributed by atoms with Gasteiger partial charge in [-0.25, -0.2) is 15.0 Å². The summed E-state index contributed by atoms with van der Waals surface area (Å²) in [6.07, 6.45) is -0.414. The third-order valence-corrected chi connectivity index (χ3v) is 5.25. The van der Waals surface area contributed by atoms with Gasteiger partial charge in [0.2, 0.25) is 0 Å². The van der Waals surface area contributed by atoms with Crippen molar-refractivity contribution in [2.24, 2.45) is 0 Å². The van der Waals surface area contributed by atoms with Gasteiger partial charge in [-0.2, -0.15) is 13.2 Å². The fraction of sp³-hybridized carbons (Fsp3) is 0.160. The molecule has 0 aliphatic heterocycles. The number of aryl methyl sites for hydroxylation is 2. The first-order valence-corrected chi connectivity index (χ1v) is 10.5. The van der Waals surface area contributed by atoms with Crippen molar-refractivity contribution in [1.29, 1.82) is 0 Å². The van der Waals surface area contributed by atoms with Crippen LogP contribution in [-0.4, -0.2) is 33.0 Å². The number of alkyl halides is 3. The molecule has 8 nitrogen and oxygen atoms in total. The van der Waals surface area contributed by atoms with Crippen LogP contribution in [0.15, 0.2) is 42.9 Å². The molecule has 1 aromatic carbocycles. The fourth-order valence-electron chi connectivity index (χ4n) is 3.31. The Labute approximate surface area is 203 Å². The molecule has 182 valence electrons. The SMILES string of the molecule is COc1ccc(NC(=O)c2cncc(C#Cc3c(N)ncc4nc(C)c(C)nc34)c2)cc1C(F)(F)F. The lowest BCUT2D eigenvalue weighted by atomic mass is 10.1. The van der Waals surface area contributed by atoms with Gasteiger partial charge in [0.15, 0.2) is 0 Å². The molecule has 0 aliphatic rings. The Balaban J connectivity index is 1.63. The number of carbonyl (C=O) groups excluding carboxylic acids is 1. The highest BCUT2D eigenvalue weighted by Gasteiger charge is 2.34. The second-order valence-electron chi connectivity index (χ2n) is 7.73. The Bertz CT molecular complexity index is 1560. The number of fused-ring (bicyclic) bond motifs is 1. The number of benzene rings is 1. The Morgan fingerprint density at radius 3 is 2.53 bits per heavy atom. The van der Waals surface area contributed by atoms with Crippen molar-refractivity contribution in [3.8, 4) is 17.6 Å². The number of nitrogens with zero attached hydrogens (tertiary/aromatic N) is 4. The molecule has 0 radical (unpaired) electrons. The topological polar surface area (TPSA) is 116 Å². The molecule has 0 saturated carbocycles. The standard InChI is InChI=1S/C25H19F3N6O2/c1-13-14(2)33-22-18(23(29)31-12-20(22)32-13)6-4-15-8-16(11-30-10-15)24(35)34-17-5-7-21(36-3)19(9-17)25(26,27)28/h5,7-12H,1-3H3,(H2,29,31)(H,34,35). The van der Waals surface area contributed by atoms with Crippen molar-refractivity contribution in [3.63, 3.8) is 0 Å². The first-order valence-electron chi connectivity index (χ1n) is 10.5. The van der Waals surface area contributed by atoms with Gasteiger partial charge < -0.3 is 15.8 Å². The van der Waals surface area contributed by atoms with Crippen LogP contribution in [0.4, 0.5) is 24.7 Å². The summed E-state index contributed by atoms with van der Waals surface area (Å²) in [5, 5.41) is 2.44. The number of hydrogen-bond donors (Lipinski definition) is 2. The zero-order chi connectivity index (χ0) is 26.0.